The standard InChI is InChI=1S/C16H22FN3O/c1-10(2)6-12(9-18)7-15-19-16(20-21-15)13-5-4-11(3)14(17)8-13/h4-5,8,10,12H,6-7,9,18H2,1-3H3/t12-/m0/s1. The molecule has 0 bridgehead atoms. The molecular formula is C16H22FN3O. The van der Waals surface area contributed by atoms with Gasteiger partial charge in [-0.15, -0.1) is 0 Å². The lowest BCUT2D eigenvalue weighted by Gasteiger charge is -2.14. The molecule has 1 heterocycles. The highest BCUT2D eigenvalue weighted by Gasteiger charge is 2.16. The van der Waals surface area contributed by atoms with Crippen molar-refractivity contribution < 1.29 is 8.91 Å². The second-order valence-electron chi connectivity index (χ2n) is 5.91. The van der Waals surface area contributed by atoms with Crippen LogP contribution in [0.15, 0.2) is 22.7 Å². The van der Waals surface area contributed by atoms with E-state index in [1.165, 1.54) is 6.07 Å². The van der Waals surface area contributed by atoms with Crippen molar-refractivity contribution in [2.75, 3.05) is 6.54 Å². The van der Waals surface area contributed by atoms with Crippen LogP contribution < -0.4 is 5.73 Å². The Labute approximate surface area is 124 Å². The summed E-state index contributed by atoms with van der Waals surface area (Å²) in [7, 11) is 0. The molecule has 21 heavy (non-hydrogen) atoms. The summed E-state index contributed by atoms with van der Waals surface area (Å²) < 4.78 is 18.8. The van der Waals surface area contributed by atoms with Crippen molar-refractivity contribution in [3.63, 3.8) is 0 Å². The van der Waals surface area contributed by atoms with Gasteiger partial charge >= 0.3 is 0 Å². The van der Waals surface area contributed by atoms with E-state index in [9.17, 15) is 4.39 Å². The summed E-state index contributed by atoms with van der Waals surface area (Å²) >= 11 is 0. The van der Waals surface area contributed by atoms with E-state index in [0.29, 0.717) is 47.6 Å². The number of hydrogen-bond acceptors (Lipinski definition) is 4. The summed E-state index contributed by atoms with van der Waals surface area (Å²) in [5, 5.41) is 3.93. The average Bonchev–Trinajstić information content (AvgIpc) is 2.89. The summed E-state index contributed by atoms with van der Waals surface area (Å²) in [5.41, 5.74) is 7.01. The van der Waals surface area contributed by atoms with E-state index in [-0.39, 0.29) is 5.82 Å². The van der Waals surface area contributed by atoms with Gasteiger partial charge in [0, 0.05) is 12.0 Å². The molecule has 1 aromatic carbocycles. The monoisotopic (exact) mass is 291 g/mol. The molecule has 0 aliphatic rings. The number of aryl methyl sites for hydroxylation is 1. The largest absolute Gasteiger partial charge is 0.339 e. The SMILES string of the molecule is Cc1ccc(-c2noc(C[C@@H](CN)CC(C)C)n2)cc1F. The first-order chi connectivity index (χ1) is 9.99. The lowest BCUT2D eigenvalue weighted by molar-refractivity contribution is 0.332. The highest BCUT2D eigenvalue weighted by molar-refractivity contribution is 5.54. The van der Waals surface area contributed by atoms with Crippen LogP contribution in [0.3, 0.4) is 0 Å². The van der Waals surface area contributed by atoms with Crippen molar-refractivity contribution in [2.24, 2.45) is 17.6 Å². The Morgan fingerprint density at radius 3 is 2.71 bits per heavy atom. The summed E-state index contributed by atoms with van der Waals surface area (Å²) in [4.78, 5) is 4.35. The molecule has 0 fully saturated rings. The molecule has 0 saturated carbocycles. The van der Waals surface area contributed by atoms with Crippen LogP contribution in [0.25, 0.3) is 11.4 Å². The van der Waals surface area contributed by atoms with E-state index in [2.05, 4.69) is 24.0 Å². The van der Waals surface area contributed by atoms with Gasteiger partial charge in [0.05, 0.1) is 0 Å². The van der Waals surface area contributed by atoms with Gasteiger partial charge in [-0.25, -0.2) is 4.39 Å². The van der Waals surface area contributed by atoms with Crippen molar-refractivity contribution in [1.29, 1.82) is 0 Å². The Morgan fingerprint density at radius 2 is 2.10 bits per heavy atom. The van der Waals surface area contributed by atoms with Crippen LogP contribution in [0.1, 0.15) is 31.7 Å². The van der Waals surface area contributed by atoms with Crippen LogP contribution >= 0.6 is 0 Å². The quantitative estimate of drug-likeness (QED) is 0.886. The minimum atomic E-state index is -0.265. The van der Waals surface area contributed by atoms with Crippen LogP contribution in [0, 0.1) is 24.6 Å². The fraction of sp³-hybridized carbons (Fsp3) is 0.500. The van der Waals surface area contributed by atoms with Gasteiger partial charge in [-0.1, -0.05) is 31.1 Å². The zero-order valence-corrected chi connectivity index (χ0v) is 12.8. The number of nitrogens with zero attached hydrogens (tertiary/aromatic N) is 2. The van der Waals surface area contributed by atoms with E-state index >= 15 is 0 Å². The van der Waals surface area contributed by atoms with Gasteiger partial charge in [-0.2, -0.15) is 4.98 Å². The first-order valence-electron chi connectivity index (χ1n) is 7.28. The van der Waals surface area contributed by atoms with Crippen LogP contribution in [0.4, 0.5) is 4.39 Å². The van der Waals surface area contributed by atoms with E-state index in [4.69, 9.17) is 10.3 Å². The van der Waals surface area contributed by atoms with Crippen LogP contribution in [-0.2, 0) is 6.42 Å². The molecule has 2 aromatic rings. The summed E-state index contributed by atoms with van der Waals surface area (Å²) in [6.45, 7) is 6.64. The minimum Gasteiger partial charge on any atom is -0.339 e. The second-order valence-corrected chi connectivity index (χ2v) is 5.91. The topological polar surface area (TPSA) is 64.9 Å². The molecule has 0 aliphatic carbocycles. The molecule has 0 spiro atoms. The molecule has 1 atom stereocenters. The van der Waals surface area contributed by atoms with Crippen LogP contribution in [-0.4, -0.2) is 16.7 Å². The number of nitrogens with two attached hydrogens (primary N) is 1. The maximum atomic E-state index is 13.6. The smallest absolute Gasteiger partial charge is 0.227 e. The highest BCUT2D eigenvalue weighted by atomic mass is 19.1. The molecule has 114 valence electrons. The third-order valence-corrected chi connectivity index (χ3v) is 3.50. The van der Waals surface area contributed by atoms with Crippen LogP contribution in [0.2, 0.25) is 0 Å². The molecule has 0 amide bonds. The van der Waals surface area contributed by atoms with Crippen LogP contribution in [0.5, 0.6) is 0 Å². The van der Waals surface area contributed by atoms with Crippen molar-refractivity contribution >= 4 is 0 Å². The van der Waals surface area contributed by atoms with Crippen molar-refractivity contribution in [3.05, 3.63) is 35.5 Å². The maximum Gasteiger partial charge on any atom is 0.227 e. The summed E-state index contributed by atoms with van der Waals surface area (Å²) in [6.07, 6.45) is 1.68. The molecule has 0 radical (unpaired) electrons. The molecule has 2 N–H and O–H groups in total. The second kappa shape index (κ2) is 6.80. The Balaban J connectivity index is 2.11. The Morgan fingerprint density at radius 1 is 1.33 bits per heavy atom. The molecule has 2 rings (SSSR count). The Hall–Kier alpha value is -1.75. The number of hydrogen-bond donors (Lipinski definition) is 1. The molecular weight excluding hydrogens is 269 g/mol. The lowest BCUT2D eigenvalue weighted by atomic mass is 9.94. The number of halogens is 1. The third-order valence-electron chi connectivity index (χ3n) is 3.50. The van der Waals surface area contributed by atoms with Gasteiger partial charge < -0.3 is 10.3 Å². The zero-order chi connectivity index (χ0) is 15.4. The Bertz CT molecular complexity index is 595. The number of rotatable bonds is 6. The van der Waals surface area contributed by atoms with E-state index in [0.717, 1.165) is 6.42 Å². The van der Waals surface area contributed by atoms with Gasteiger partial charge in [0.1, 0.15) is 5.82 Å². The third kappa shape index (κ3) is 4.11. The predicted molar refractivity (Wildman–Crippen MR) is 80.1 cm³/mol. The zero-order valence-electron chi connectivity index (χ0n) is 12.8. The molecule has 4 nitrogen and oxygen atoms in total. The summed E-state index contributed by atoms with van der Waals surface area (Å²) in [5.74, 6) is 1.62. The minimum absolute atomic E-state index is 0.265. The Kier molecular flexibility index (Phi) is 5.07. The van der Waals surface area contributed by atoms with Crippen molar-refractivity contribution in [3.8, 4) is 11.4 Å². The molecule has 0 unspecified atom stereocenters. The van der Waals surface area contributed by atoms with E-state index in [1.807, 2.05) is 0 Å². The van der Waals surface area contributed by atoms with Gasteiger partial charge in [0.25, 0.3) is 0 Å². The lowest BCUT2D eigenvalue weighted by Crippen LogP contribution is -2.19. The van der Waals surface area contributed by atoms with Gasteiger partial charge in [-0.05, 0) is 43.4 Å². The molecule has 5 heteroatoms. The van der Waals surface area contributed by atoms with Crippen molar-refractivity contribution in [1.82, 2.24) is 10.1 Å². The fourth-order valence-electron chi connectivity index (χ4n) is 2.36. The van der Waals surface area contributed by atoms with Gasteiger partial charge in [-0.3, -0.25) is 0 Å². The van der Waals surface area contributed by atoms with Crippen molar-refractivity contribution in [2.45, 2.75) is 33.6 Å². The number of benzene rings is 1. The average molecular weight is 291 g/mol. The first-order valence-corrected chi connectivity index (χ1v) is 7.28. The summed E-state index contributed by atoms with van der Waals surface area (Å²) in [6, 6.07) is 4.93. The van der Waals surface area contributed by atoms with E-state index in [1.54, 1.807) is 19.1 Å². The molecule has 0 aliphatic heterocycles. The first kappa shape index (κ1) is 15.6. The predicted octanol–water partition coefficient (Wildman–Crippen LogP) is 3.35. The maximum absolute atomic E-state index is 13.6. The number of aromatic nitrogens is 2. The highest BCUT2D eigenvalue weighted by Crippen LogP contribution is 2.21. The van der Waals surface area contributed by atoms with E-state index < -0.39 is 0 Å². The molecule has 0 saturated heterocycles. The normalized spacial score (nSPS) is 12.9. The van der Waals surface area contributed by atoms with Gasteiger partial charge in [0.15, 0.2) is 0 Å². The van der Waals surface area contributed by atoms with Gasteiger partial charge in [0.2, 0.25) is 11.7 Å². The fourth-order valence-corrected chi connectivity index (χ4v) is 2.36. The molecule has 1 aromatic heterocycles.